The van der Waals surface area contributed by atoms with Crippen molar-refractivity contribution in [1.82, 2.24) is 25.2 Å². The van der Waals surface area contributed by atoms with Crippen LogP contribution in [0.5, 0.6) is 0 Å². The summed E-state index contributed by atoms with van der Waals surface area (Å²) in [5, 5.41) is 13.0. The average molecular weight is 590 g/mol. The predicted octanol–water partition coefficient (Wildman–Crippen LogP) is 6.63. The SMILES string of the molecule is Cn1nnc(N(Cc2cc(C(F)(F)F)cc(C(F)(F)F)c2)Cc2cc3ccccc3nc2N(CC2CC2)CC2CC2)n1. The first kappa shape index (κ1) is 28.2. The number of alkyl halides is 6. The minimum Gasteiger partial charge on any atom is -0.356 e. The van der Waals surface area contributed by atoms with Crippen molar-refractivity contribution in [2.75, 3.05) is 22.9 Å². The van der Waals surface area contributed by atoms with Gasteiger partial charge in [-0.3, -0.25) is 0 Å². The van der Waals surface area contributed by atoms with E-state index in [1.807, 2.05) is 30.3 Å². The van der Waals surface area contributed by atoms with Crippen molar-refractivity contribution >= 4 is 22.7 Å². The molecule has 0 saturated heterocycles. The summed E-state index contributed by atoms with van der Waals surface area (Å²) < 4.78 is 81.7. The van der Waals surface area contributed by atoms with Crippen LogP contribution in [0.15, 0.2) is 48.5 Å². The van der Waals surface area contributed by atoms with E-state index in [0.717, 1.165) is 73.2 Å². The fourth-order valence-corrected chi connectivity index (χ4v) is 5.15. The topological polar surface area (TPSA) is 63.0 Å². The van der Waals surface area contributed by atoms with Crippen LogP contribution in [0.4, 0.5) is 38.1 Å². The number of pyridine rings is 1. The molecule has 0 spiro atoms. The van der Waals surface area contributed by atoms with E-state index in [1.165, 1.54) is 11.8 Å². The summed E-state index contributed by atoms with van der Waals surface area (Å²) in [5.74, 6) is 2.00. The van der Waals surface area contributed by atoms with Crippen molar-refractivity contribution in [2.24, 2.45) is 18.9 Å². The van der Waals surface area contributed by atoms with Crippen LogP contribution in [0.1, 0.15) is 47.9 Å². The van der Waals surface area contributed by atoms with E-state index in [0.29, 0.717) is 11.8 Å². The highest BCUT2D eigenvalue weighted by atomic mass is 19.4. The van der Waals surface area contributed by atoms with Gasteiger partial charge >= 0.3 is 12.4 Å². The lowest BCUT2D eigenvalue weighted by atomic mass is 10.0. The first-order valence-corrected chi connectivity index (χ1v) is 13.8. The molecule has 222 valence electrons. The molecule has 0 radical (unpaired) electrons. The van der Waals surface area contributed by atoms with Gasteiger partial charge in [0, 0.05) is 37.1 Å². The maximum Gasteiger partial charge on any atom is 0.416 e. The van der Waals surface area contributed by atoms with E-state index >= 15 is 0 Å². The van der Waals surface area contributed by atoms with Crippen LogP contribution in [0.25, 0.3) is 10.9 Å². The molecule has 0 bridgehead atoms. The van der Waals surface area contributed by atoms with Crippen molar-refractivity contribution < 1.29 is 26.3 Å². The van der Waals surface area contributed by atoms with Crippen molar-refractivity contribution in [2.45, 2.75) is 51.1 Å². The lowest BCUT2D eigenvalue weighted by Crippen LogP contribution is -2.32. The van der Waals surface area contributed by atoms with Crippen LogP contribution in [-0.4, -0.2) is 38.3 Å². The molecular formula is C29H29F6N7. The van der Waals surface area contributed by atoms with Gasteiger partial charge in [-0.2, -0.15) is 31.1 Å². The molecule has 2 aromatic heterocycles. The summed E-state index contributed by atoms with van der Waals surface area (Å²) in [6.45, 7) is 1.49. The van der Waals surface area contributed by atoms with Gasteiger partial charge in [0.25, 0.3) is 5.95 Å². The van der Waals surface area contributed by atoms with Crippen LogP contribution in [0.2, 0.25) is 0 Å². The number of rotatable bonds is 10. The van der Waals surface area contributed by atoms with E-state index < -0.39 is 23.5 Å². The molecule has 0 unspecified atom stereocenters. The molecule has 2 saturated carbocycles. The third-order valence-corrected chi connectivity index (χ3v) is 7.59. The second kappa shape index (κ2) is 10.7. The molecule has 2 aliphatic carbocycles. The van der Waals surface area contributed by atoms with Crippen molar-refractivity contribution in [3.63, 3.8) is 0 Å². The summed E-state index contributed by atoms with van der Waals surface area (Å²) in [7, 11) is 1.54. The monoisotopic (exact) mass is 589 g/mol. The highest BCUT2D eigenvalue weighted by Crippen LogP contribution is 2.39. The van der Waals surface area contributed by atoms with E-state index in [4.69, 9.17) is 4.98 Å². The van der Waals surface area contributed by atoms with Gasteiger partial charge in [0.15, 0.2) is 0 Å². The van der Waals surface area contributed by atoms with Crippen molar-refractivity contribution in [1.29, 1.82) is 0 Å². The Kier molecular flexibility index (Phi) is 7.22. The third-order valence-electron chi connectivity index (χ3n) is 7.59. The van der Waals surface area contributed by atoms with E-state index in [2.05, 4.69) is 20.3 Å². The summed E-state index contributed by atoms with van der Waals surface area (Å²) in [6, 6.07) is 11.3. The molecule has 0 N–H and O–H groups in total. The maximum absolute atomic E-state index is 13.6. The van der Waals surface area contributed by atoms with E-state index in [-0.39, 0.29) is 30.7 Å². The average Bonchev–Trinajstić information content (AvgIpc) is 3.87. The summed E-state index contributed by atoms with van der Waals surface area (Å²) in [5.41, 5.74) is -1.32. The number of aryl methyl sites for hydroxylation is 1. The molecule has 4 aromatic rings. The van der Waals surface area contributed by atoms with Crippen LogP contribution < -0.4 is 9.80 Å². The molecule has 2 heterocycles. The largest absolute Gasteiger partial charge is 0.416 e. The number of nitrogens with zero attached hydrogens (tertiary/aromatic N) is 7. The smallest absolute Gasteiger partial charge is 0.356 e. The van der Waals surface area contributed by atoms with E-state index in [9.17, 15) is 26.3 Å². The number of hydrogen-bond acceptors (Lipinski definition) is 6. The number of anilines is 2. The van der Waals surface area contributed by atoms with Gasteiger partial charge in [-0.25, -0.2) is 4.98 Å². The van der Waals surface area contributed by atoms with Crippen molar-refractivity contribution in [3.8, 4) is 0 Å². The Labute approximate surface area is 238 Å². The summed E-state index contributed by atoms with van der Waals surface area (Å²) >= 11 is 0. The number of fused-ring (bicyclic) bond motifs is 1. The molecule has 13 heteroatoms. The molecule has 0 atom stereocenters. The number of tetrazole rings is 1. The van der Waals surface area contributed by atoms with Gasteiger partial charge in [-0.15, -0.1) is 5.10 Å². The summed E-state index contributed by atoms with van der Waals surface area (Å²) in [6.07, 6.45) is -5.30. The highest BCUT2D eigenvalue weighted by Gasteiger charge is 2.37. The van der Waals surface area contributed by atoms with Gasteiger partial charge < -0.3 is 9.80 Å². The summed E-state index contributed by atoms with van der Waals surface area (Å²) in [4.78, 5) is 10.1. The van der Waals surface area contributed by atoms with Crippen LogP contribution in [0.3, 0.4) is 0 Å². The van der Waals surface area contributed by atoms with Crippen molar-refractivity contribution in [3.05, 3.63) is 70.8 Å². The first-order chi connectivity index (χ1) is 19.9. The Bertz CT molecular complexity index is 1530. The predicted molar refractivity (Wildman–Crippen MR) is 145 cm³/mol. The number of hydrogen-bond donors (Lipinski definition) is 0. The molecule has 2 aliphatic rings. The van der Waals surface area contributed by atoms with Gasteiger partial charge in [0.2, 0.25) is 0 Å². The molecule has 0 aliphatic heterocycles. The third kappa shape index (κ3) is 6.60. The fourth-order valence-electron chi connectivity index (χ4n) is 5.15. The van der Waals surface area contributed by atoms with Gasteiger partial charge in [0.05, 0.1) is 23.7 Å². The zero-order valence-electron chi connectivity index (χ0n) is 22.8. The Hall–Kier alpha value is -3.90. The van der Waals surface area contributed by atoms with Crippen LogP contribution in [0, 0.1) is 11.8 Å². The second-order valence-electron chi connectivity index (χ2n) is 11.3. The number of benzene rings is 2. The van der Waals surface area contributed by atoms with Crippen LogP contribution in [-0.2, 0) is 32.5 Å². The minimum atomic E-state index is -4.95. The minimum absolute atomic E-state index is 0.0820. The molecule has 7 nitrogen and oxygen atoms in total. The molecule has 0 amide bonds. The van der Waals surface area contributed by atoms with Crippen LogP contribution >= 0.6 is 0 Å². The maximum atomic E-state index is 13.6. The zero-order valence-corrected chi connectivity index (χ0v) is 22.8. The van der Waals surface area contributed by atoms with Gasteiger partial charge in [0.1, 0.15) is 5.82 Å². The standard InChI is InChI=1S/C29H29F6N7/c1-40-38-27(37-39-40)42(16-20-10-23(28(30,31)32)13-24(11-20)29(33,34)35)17-22-12-21-4-2-3-5-25(21)36-26(22)41(14-18-6-7-18)15-19-8-9-19/h2-5,10-13,18-19H,6-9,14-17H2,1H3. The Morgan fingerprint density at radius 3 is 1.98 bits per heavy atom. The Balaban J connectivity index is 1.42. The second-order valence-corrected chi connectivity index (χ2v) is 11.3. The first-order valence-electron chi connectivity index (χ1n) is 13.8. The van der Waals surface area contributed by atoms with Gasteiger partial charge in [-0.1, -0.05) is 23.3 Å². The molecular weight excluding hydrogens is 560 g/mol. The number of para-hydroxylation sites is 1. The number of aromatic nitrogens is 5. The lowest BCUT2D eigenvalue weighted by Gasteiger charge is -2.29. The fraction of sp³-hybridized carbons (Fsp3) is 0.448. The Morgan fingerprint density at radius 1 is 0.810 bits per heavy atom. The molecule has 6 rings (SSSR count). The molecule has 42 heavy (non-hydrogen) atoms. The zero-order chi connectivity index (χ0) is 29.6. The van der Waals surface area contributed by atoms with E-state index in [1.54, 1.807) is 4.90 Å². The molecule has 2 aromatic carbocycles. The molecule has 2 fully saturated rings. The highest BCUT2D eigenvalue weighted by molar-refractivity contribution is 5.82. The lowest BCUT2D eigenvalue weighted by molar-refractivity contribution is -0.143. The quantitative estimate of drug-likeness (QED) is 0.194. The normalized spacial score (nSPS) is 15.8. The number of halogens is 6. The Morgan fingerprint density at radius 2 is 1.43 bits per heavy atom. The van der Waals surface area contributed by atoms with Gasteiger partial charge in [-0.05, 0) is 78.6 Å².